The van der Waals surface area contributed by atoms with Gasteiger partial charge < -0.3 is 19.4 Å². The number of carbonyl (C=O) groups is 3. The van der Waals surface area contributed by atoms with Gasteiger partial charge in [-0.05, 0) is 48.2 Å². The molecule has 6 nitrogen and oxygen atoms in total. The number of aliphatic carboxylic acids is 1. The van der Waals surface area contributed by atoms with E-state index in [1.165, 1.54) is 0 Å². The molecule has 0 heterocycles. The smallest absolute Gasteiger partial charge is 0.321 e. The summed E-state index contributed by atoms with van der Waals surface area (Å²) in [6.45, 7) is 1.93. The van der Waals surface area contributed by atoms with Gasteiger partial charge in [-0.3, -0.25) is 9.59 Å². The van der Waals surface area contributed by atoms with Crippen molar-refractivity contribution < 1.29 is 29.0 Å². The zero-order chi connectivity index (χ0) is 21.4. The maximum Gasteiger partial charge on any atom is 0.321 e. The molecule has 0 radical (unpaired) electrons. The van der Waals surface area contributed by atoms with Crippen LogP contribution in [0.4, 0.5) is 0 Å². The number of carbonyl (C=O) groups excluding carboxylic acids is 3. The second-order valence-corrected chi connectivity index (χ2v) is 7.59. The third-order valence-corrected chi connectivity index (χ3v) is 5.41. The van der Waals surface area contributed by atoms with Crippen LogP contribution in [0.1, 0.15) is 30.9 Å². The van der Waals surface area contributed by atoms with E-state index < -0.39 is 23.3 Å². The third-order valence-electron chi connectivity index (χ3n) is 4.49. The number of halogens is 2. The molecular formula is C21H19Br2O6-. The van der Waals surface area contributed by atoms with Crippen LogP contribution < -0.4 is 14.6 Å². The van der Waals surface area contributed by atoms with Gasteiger partial charge in [0.15, 0.2) is 0 Å². The monoisotopic (exact) mass is 525 g/mol. The van der Waals surface area contributed by atoms with Crippen LogP contribution in [-0.2, 0) is 19.8 Å². The Hall–Kier alpha value is -2.19. The predicted octanol–water partition coefficient (Wildman–Crippen LogP) is 3.12. The number of carboxylic acid groups (broad SMARTS) is 1. The molecule has 2 aromatic carbocycles. The van der Waals surface area contributed by atoms with Crippen LogP contribution in [0.3, 0.4) is 0 Å². The molecule has 0 spiro atoms. The topological polar surface area (TPSA) is 92.7 Å². The molecule has 0 saturated carbocycles. The first-order chi connectivity index (χ1) is 13.8. The van der Waals surface area contributed by atoms with Gasteiger partial charge >= 0.3 is 11.9 Å². The van der Waals surface area contributed by atoms with Gasteiger partial charge in [-0.25, -0.2) is 0 Å². The van der Waals surface area contributed by atoms with E-state index in [1.807, 2.05) is 6.92 Å². The normalized spacial score (nSPS) is 11.0. The highest BCUT2D eigenvalue weighted by Crippen LogP contribution is 2.37. The van der Waals surface area contributed by atoms with Crippen molar-refractivity contribution in [2.75, 3.05) is 10.7 Å². The lowest BCUT2D eigenvalue weighted by Crippen LogP contribution is -2.29. The second kappa shape index (κ2) is 10.5. The molecule has 0 aromatic heterocycles. The second-order valence-electron chi connectivity index (χ2n) is 6.47. The van der Waals surface area contributed by atoms with Crippen LogP contribution in [0.2, 0.25) is 0 Å². The fourth-order valence-corrected chi connectivity index (χ4v) is 3.14. The van der Waals surface area contributed by atoms with Crippen molar-refractivity contribution in [2.45, 2.75) is 25.2 Å². The van der Waals surface area contributed by atoms with E-state index in [0.29, 0.717) is 17.9 Å². The van der Waals surface area contributed by atoms with Crippen molar-refractivity contribution in [1.82, 2.24) is 0 Å². The highest BCUT2D eigenvalue weighted by atomic mass is 79.9. The molecule has 8 heteroatoms. The van der Waals surface area contributed by atoms with Crippen molar-refractivity contribution >= 4 is 49.8 Å². The van der Waals surface area contributed by atoms with Gasteiger partial charge in [0.1, 0.15) is 22.2 Å². The minimum absolute atomic E-state index is 0.0874. The van der Waals surface area contributed by atoms with Crippen molar-refractivity contribution in [3.63, 3.8) is 0 Å². The van der Waals surface area contributed by atoms with Crippen LogP contribution >= 0.6 is 31.9 Å². The number of hydrogen-bond acceptors (Lipinski definition) is 6. The highest BCUT2D eigenvalue weighted by Gasteiger charge is 2.29. The molecule has 2 rings (SSSR count). The van der Waals surface area contributed by atoms with Crippen molar-refractivity contribution in [2.24, 2.45) is 0 Å². The fraction of sp³-hybridized carbons (Fsp3) is 0.286. The standard InChI is InChI=1S/C21H20Br2O6/c1-21(11-10-18(24)25,14-2-6-16(7-3-14)28-19(26)12-22)15-4-8-17(9-5-15)29-20(27)13-23/h2-9H,10-13H2,1H3,(H,24,25)/p-1. The van der Waals surface area contributed by atoms with Crippen LogP contribution in [0, 0.1) is 0 Å². The van der Waals surface area contributed by atoms with Gasteiger partial charge in [0.05, 0.1) is 0 Å². The van der Waals surface area contributed by atoms with Crippen LogP contribution in [0.25, 0.3) is 0 Å². The molecule has 0 amide bonds. The molecule has 0 aliphatic rings. The molecular weight excluding hydrogens is 508 g/mol. The Morgan fingerprint density at radius 3 is 1.52 bits per heavy atom. The quantitative estimate of drug-likeness (QED) is 0.283. The molecule has 0 aliphatic heterocycles. The summed E-state index contributed by atoms with van der Waals surface area (Å²) < 4.78 is 10.3. The van der Waals surface area contributed by atoms with Gasteiger partial charge in [0.2, 0.25) is 0 Å². The maximum atomic E-state index is 11.4. The summed E-state index contributed by atoms with van der Waals surface area (Å²) in [5.74, 6) is -1.16. The number of alkyl halides is 2. The lowest BCUT2D eigenvalue weighted by Gasteiger charge is -2.31. The van der Waals surface area contributed by atoms with E-state index in [1.54, 1.807) is 48.5 Å². The Morgan fingerprint density at radius 2 is 1.21 bits per heavy atom. The lowest BCUT2D eigenvalue weighted by molar-refractivity contribution is -0.306. The van der Waals surface area contributed by atoms with Gasteiger partial charge in [-0.1, -0.05) is 63.0 Å². The van der Waals surface area contributed by atoms with Crippen molar-refractivity contribution in [1.29, 1.82) is 0 Å². The minimum Gasteiger partial charge on any atom is -0.550 e. The van der Waals surface area contributed by atoms with E-state index in [4.69, 9.17) is 9.47 Å². The zero-order valence-electron chi connectivity index (χ0n) is 15.7. The summed E-state index contributed by atoms with van der Waals surface area (Å²) in [5, 5.41) is 11.3. The molecule has 0 bridgehead atoms. The number of benzene rings is 2. The number of hydrogen-bond donors (Lipinski definition) is 0. The Bertz CT molecular complexity index is 800. The van der Waals surface area contributed by atoms with E-state index in [9.17, 15) is 19.5 Å². The van der Waals surface area contributed by atoms with E-state index in [-0.39, 0.29) is 17.1 Å². The number of esters is 2. The first kappa shape index (κ1) is 23.1. The number of ether oxygens (including phenoxy) is 2. The van der Waals surface area contributed by atoms with E-state index in [0.717, 1.165) is 11.1 Å². The fourth-order valence-electron chi connectivity index (χ4n) is 2.91. The van der Waals surface area contributed by atoms with Crippen LogP contribution in [0.15, 0.2) is 48.5 Å². The van der Waals surface area contributed by atoms with E-state index in [2.05, 4.69) is 31.9 Å². The molecule has 0 aliphatic carbocycles. The first-order valence-corrected chi connectivity index (χ1v) is 11.0. The summed E-state index contributed by atoms with van der Waals surface area (Å²) in [6, 6.07) is 13.9. The van der Waals surface area contributed by atoms with Crippen LogP contribution in [0.5, 0.6) is 11.5 Å². The number of carboxylic acids is 1. The largest absolute Gasteiger partial charge is 0.550 e. The molecule has 0 N–H and O–H groups in total. The average Bonchev–Trinajstić information content (AvgIpc) is 2.72. The van der Waals surface area contributed by atoms with Crippen LogP contribution in [-0.4, -0.2) is 28.6 Å². The first-order valence-electron chi connectivity index (χ1n) is 8.72. The van der Waals surface area contributed by atoms with Gasteiger partial charge in [-0.2, -0.15) is 0 Å². The summed E-state index contributed by atoms with van der Waals surface area (Å²) >= 11 is 6.08. The Morgan fingerprint density at radius 1 is 0.828 bits per heavy atom. The third kappa shape index (κ3) is 6.40. The highest BCUT2D eigenvalue weighted by molar-refractivity contribution is 9.09. The van der Waals surface area contributed by atoms with E-state index >= 15 is 0 Å². The van der Waals surface area contributed by atoms with Crippen molar-refractivity contribution in [3.8, 4) is 11.5 Å². The zero-order valence-corrected chi connectivity index (χ0v) is 18.8. The average molecular weight is 527 g/mol. The summed E-state index contributed by atoms with van der Waals surface area (Å²) in [5.41, 5.74) is 1.06. The van der Waals surface area contributed by atoms with Gasteiger partial charge in [-0.15, -0.1) is 0 Å². The SMILES string of the molecule is CC(CCC(=O)[O-])(c1ccc(OC(=O)CBr)cc1)c1ccc(OC(=O)CBr)cc1. The molecule has 154 valence electrons. The summed E-state index contributed by atoms with van der Waals surface area (Å²) in [7, 11) is 0. The molecule has 0 fully saturated rings. The molecule has 2 aromatic rings. The minimum atomic E-state index is -1.14. The molecule has 29 heavy (non-hydrogen) atoms. The summed E-state index contributed by atoms with van der Waals surface area (Å²) in [6.07, 6.45) is 0.174. The summed E-state index contributed by atoms with van der Waals surface area (Å²) in [4.78, 5) is 33.9. The molecule has 0 atom stereocenters. The molecule has 0 saturated heterocycles. The van der Waals surface area contributed by atoms with Crippen molar-refractivity contribution in [3.05, 3.63) is 59.7 Å². The Balaban J connectivity index is 2.33. The van der Waals surface area contributed by atoms with Gasteiger partial charge in [0, 0.05) is 11.4 Å². The maximum absolute atomic E-state index is 11.4. The Kier molecular flexibility index (Phi) is 8.40. The lowest BCUT2D eigenvalue weighted by atomic mass is 9.73. The van der Waals surface area contributed by atoms with Gasteiger partial charge in [0.25, 0.3) is 0 Å². The Labute approximate surface area is 185 Å². The molecule has 0 unspecified atom stereocenters. The predicted molar refractivity (Wildman–Crippen MR) is 112 cm³/mol. The number of rotatable bonds is 9.